The first kappa shape index (κ1) is 16.5. The van der Waals surface area contributed by atoms with Crippen LogP contribution in [0.25, 0.3) is 0 Å². The van der Waals surface area contributed by atoms with E-state index in [1.807, 2.05) is 0 Å². The van der Waals surface area contributed by atoms with E-state index < -0.39 is 5.97 Å². The highest BCUT2D eigenvalue weighted by molar-refractivity contribution is 6.32. The van der Waals surface area contributed by atoms with Crippen LogP contribution in [0.1, 0.15) is 34.0 Å². The van der Waals surface area contributed by atoms with Crippen molar-refractivity contribution in [3.8, 4) is 5.75 Å². The fraction of sp³-hybridized carbons (Fsp3) is 0.176. The lowest BCUT2D eigenvalue weighted by molar-refractivity contribution is -0.131. The van der Waals surface area contributed by atoms with Crippen molar-refractivity contribution in [1.82, 2.24) is 0 Å². The maximum Gasteiger partial charge on any atom is 0.308 e. The van der Waals surface area contributed by atoms with E-state index in [-0.39, 0.29) is 11.5 Å². The van der Waals surface area contributed by atoms with E-state index in [0.717, 1.165) is 5.56 Å². The van der Waals surface area contributed by atoms with E-state index in [1.165, 1.54) is 6.92 Å². The minimum Gasteiger partial charge on any atom is -0.426 e. The maximum absolute atomic E-state index is 12.7. The summed E-state index contributed by atoms with van der Waals surface area (Å²) in [5, 5.41) is 1.02. The molecule has 2 aromatic rings. The molecule has 0 saturated heterocycles. The molecule has 0 spiro atoms. The number of halogens is 2. The number of aryl methyl sites for hydroxylation is 1. The van der Waals surface area contributed by atoms with Gasteiger partial charge >= 0.3 is 5.97 Å². The third-order valence-electron chi connectivity index (χ3n) is 3.22. The van der Waals surface area contributed by atoms with Gasteiger partial charge in [0.15, 0.2) is 5.78 Å². The normalized spacial score (nSPS) is 10.4. The molecule has 5 heteroatoms. The topological polar surface area (TPSA) is 43.4 Å². The number of hydrogen-bond donors (Lipinski definition) is 0. The van der Waals surface area contributed by atoms with Crippen molar-refractivity contribution < 1.29 is 14.3 Å². The number of esters is 1. The Balaban J connectivity index is 2.60. The third kappa shape index (κ3) is 3.32. The molecule has 0 heterocycles. The summed E-state index contributed by atoms with van der Waals surface area (Å²) in [6.45, 7) is 4.79. The summed E-state index contributed by atoms with van der Waals surface area (Å²) < 4.78 is 5.21. The van der Waals surface area contributed by atoms with E-state index >= 15 is 0 Å². The zero-order valence-electron chi connectivity index (χ0n) is 12.4. The standard InChI is InChI=1S/C17H14Cl2O3/c1-9-8-14(16(21)12-4-6-13(18)7-5-12)17(22-11(3)20)10(2)15(9)19/h4-8H,1-3H3. The zero-order chi connectivity index (χ0) is 16.4. The molecule has 0 fully saturated rings. The summed E-state index contributed by atoms with van der Waals surface area (Å²) in [5.74, 6) is -0.563. The quantitative estimate of drug-likeness (QED) is 0.460. The van der Waals surface area contributed by atoms with Gasteiger partial charge in [-0.05, 0) is 49.7 Å². The van der Waals surface area contributed by atoms with E-state index in [9.17, 15) is 9.59 Å². The van der Waals surface area contributed by atoms with Crippen molar-refractivity contribution in [2.24, 2.45) is 0 Å². The molecule has 114 valence electrons. The molecule has 0 N–H and O–H groups in total. The van der Waals surface area contributed by atoms with Crippen LogP contribution in [0.5, 0.6) is 5.75 Å². The maximum atomic E-state index is 12.7. The molecule has 0 aliphatic rings. The molecule has 0 aliphatic carbocycles. The van der Waals surface area contributed by atoms with Crippen LogP contribution in [0, 0.1) is 13.8 Å². The second kappa shape index (κ2) is 6.51. The molecular weight excluding hydrogens is 323 g/mol. The fourth-order valence-corrected chi connectivity index (χ4v) is 2.41. The first-order valence-electron chi connectivity index (χ1n) is 6.59. The lowest BCUT2D eigenvalue weighted by Crippen LogP contribution is -2.11. The van der Waals surface area contributed by atoms with Crippen LogP contribution in [0.4, 0.5) is 0 Å². The lowest BCUT2D eigenvalue weighted by Gasteiger charge is -2.14. The molecular formula is C17H14Cl2O3. The van der Waals surface area contributed by atoms with Crippen molar-refractivity contribution in [2.75, 3.05) is 0 Å². The van der Waals surface area contributed by atoms with Gasteiger partial charge in [-0.1, -0.05) is 23.2 Å². The smallest absolute Gasteiger partial charge is 0.308 e. The Bertz CT molecular complexity index is 749. The number of ether oxygens (including phenoxy) is 1. The number of carbonyl (C=O) groups excluding carboxylic acids is 2. The van der Waals surface area contributed by atoms with Gasteiger partial charge in [-0.2, -0.15) is 0 Å². The first-order chi connectivity index (χ1) is 10.3. The summed E-state index contributed by atoms with van der Waals surface area (Å²) >= 11 is 12.0. The molecule has 0 bridgehead atoms. The number of benzene rings is 2. The molecule has 22 heavy (non-hydrogen) atoms. The first-order valence-corrected chi connectivity index (χ1v) is 7.35. The molecule has 0 aromatic heterocycles. The Kier molecular flexibility index (Phi) is 4.89. The largest absolute Gasteiger partial charge is 0.426 e. The molecule has 2 rings (SSSR count). The molecule has 3 nitrogen and oxygen atoms in total. The molecule has 0 amide bonds. The van der Waals surface area contributed by atoms with Gasteiger partial charge in [0.1, 0.15) is 5.75 Å². The Morgan fingerprint density at radius 1 is 1.05 bits per heavy atom. The van der Waals surface area contributed by atoms with Gasteiger partial charge in [0.25, 0.3) is 0 Å². The lowest BCUT2D eigenvalue weighted by atomic mass is 9.98. The summed E-state index contributed by atoms with van der Waals surface area (Å²) in [7, 11) is 0. The van der Waals surface area contributed by atoms with Gasteiger partial charge in [-0.25, -0.2) is 0 Å². The molecule has 2 aromatic carbocycles. The zero-order valence-corrected chi connectivity index (χ0v) is 13.9. The fourth-order valence-electron chi connectivity index (χ4n) is 2.14. The highest BCUT2D eigenvalue weighted by Crippen LogP contribution is 2.34. The van der Waals surface area contributed by atoms with Crippen molar-refractivity contribution in [2.45, 2.75) is 20.8 Å². The van der Waals surface area contributed by atoms with Crippen LogP contribution >= 0.6 is 23.2 Å². The second-order valence-corrected chi connectivity index (χ2v) is 5.75. The number of rotatable bonds is 3. The minimum atomic E-state index is -0.506. The average Bonchev–Trinajstić information content (AvgIpc) is 2.47. The van der Waals surface area contributed by atoms with Gasteiger partial charge in [-0.3, -0.25) is 9.59 Å². The Morgan fingerprint density at radius 3 is 2.18 bits per heavy atom. The van der Waals surface area contributed by atoms with Crippen molar-refractivity contribution in [1.29, 1.82) is 0 Å². The van der Waals surface area contributed by atoms with E-state index in [1.54, 1.807) is 44.2 Å². The summed E-state index contributed by atoms with van der Waals surface area (Å²) in [6.07, 6.45) is 0. The van der Waals surface area contributed by atoms with E-state index in [2.05, 4.69) is 0 Å². The van der Waals surface area contributed by atoms with Gasteiger partial charge in [-0.15, -0.1) is 0 Å². The Labute approximate surface area is 138 Å². The SMILES string of the molecule is CC(=O)Oc1c(C(=O)c2ccc(Cl)cc2)cc(C)c(Cl)c1C. The minimum absolute atomic E-state index is 0.197. The highest BCUT2D eigenvalue weighted by Gasteiger charge is 2.21. The molecule has 0 unspecified atom stereocenters. The van der Waals surface area contributed by atoms with Crippen LogP contribution in [-0.2, 0) is 4.79 Å². The predicted molar refractivity (Wildman–Crippen MR) is 87.1 cm³/mol. The van der Waals surface area contributed by atoms with Gasteiger partial charge in [0, 0.05) is 23.1 Å². The van der Waals surface area contributed by atoms with Crippen LogP contribution < -0.4 is 4.74 Å². The van der Waals surface area contributed by atoms with Crippen LogP contribution in [0.15, 0.2) is 30.3 Å². The molecule has 0 radical (unpaired) electrons. The van der Waals surface area contributed by atoms with E-state index in [4.69, 9.17) is 27.9 Å². The highest BCUT2D eigenvalue weighted by atomic mass is 35.5. The summed E-state index contributed by atoms with van der Waals surface area (Å²) in [4.78, 5) is 24.0. The van der Waals surface area contributed by atoms with Crippen LogP contribution in [0.3, 0.4) is 0 Å². The summed E-state index contributed by atoms with van der Waals surface area (Å²) in [5.41, 5.74) is 2.07. The monoisotopic (exact) mass is 336 g/mol. The predicted octanol–water partition coefficient (Wildman–Crippen LogP) is 4.77. The third-order valence-corrected chi connectivity index (χ3v) is 4.05. The Morgan fingerprint density at radius 2 is 1.64 bits per heavy atom. The second-order valence-electron chi connectivity index (χ2n) is 4.94. The van der Waals surface area contributed by atoms with Gasteiger partial charge in [0.05, 0.1) is 10.6 Å². The van der Waals surface area contributed by atoms with Gasteiger partial charge < -0.3 is 4.74 Å². The average molecular weight is 337 g/mol. The van der Waals surface area contributed by atoms with Crippen molar-refractivity contribution in [3.63, 3.8) is 0 Å². The molecule has 0 atom stereocenters. The number of ketones is 1. The van der Waals surface area contributed by atoms with Crippen molar-refractivity contribution in [3.05, 3.63) is 62.6 Å². The summed E-state index contributed by atoms with van der Waals surface area (Å²) in [6, 6.07) is 8.15. The van der Waals surface area contributed by atoms with Crippen LogP contribution in [0.2, 0.25) is 10.0 Å². The van der Waals surface area contributed by atoms with Crippen LogP contribution in [-0.4, -0.2) is 11.8 Å². The van der Waals surface area contributed by atoms with Crippen molar-refractivity contribution >= 4 is 35.0 Å². The number of carbonyl (C=O) groups is 2. The van der Waals surface area contributed by atoms with E-state index in [0.29, 0.717) is 26.7 Å². The molecule has 0 aliphatic heterocycles. The Hall–Kier alpha value is -1.84. The number of hydrogen-bond acceptors (Lipinski definition) is 3. The molecule has 0 saturated carbocycles. The van der Waals surface area contributed by atoms with Gasteiger partial charge in [0.2, 0.25) is 0 Å².